The Hall–Kier alpha value is -2.92. The molecule has 3 rings (SSSR count). The molecule has 0 fully saturated rings. The van der Waals surface area contributed by atoms with Gasteiger partial charge in [-0.3, -0.25) is 4.79 Å². The highest BCUT2D eigenvalue weighted by Gasteiger charge is 2.09. The van der Waals surface area contributed by atoms with Crippen LogP contribution in [0.5, 0.6) is 0 Å². The van der Waals surface area contributed by atoms with Gasteiger partial charge in [-0.15, -0.1) is 10.2 Å². The van der Waals surface area contributed by atoms with E-state index in [1.54, 1.807) is 24.3 Å². The van der Waals surface area contributed by atoms with Crippen molar-refractivity contribution < 1.29 is 4.79 Å². The quantitative estimate of drug-likeness (QED) is 0.718. The number of halogens is 1. The number of hydrogen-bond donors (Lipinski definition) is 2. The highest BCUT2D eigenvalue weighted by molar-refractivity contribution is 6.31. The molecule has 0 aliphatic heterocycles. The number of aryl methyl sites for hydroxylation is 1. The second-order valence-electron chi connectivity index (χ2n) is 5.56. The van der Waals surface area contributed by atoms with Crippen molar-refractivity contribution >= 4 is 29.0 Å². The average Bonchev–Trinajstić information content (AvgIpc) is 2.64. The van der Waals surface area contributed by atoms with Gasteiger partial charge >= 0.3 is 0 Å². The average molecular weight is 353 g/mol. The number of carbonyl (C=O) groups is 1. The number of aromatic nitrogens is 2. The highest BCUT2D eigenvalue weighted by atomic mass is 35.5. The van der Waals surface area contributed by atoms with Crippen LogP contribution in [-0.4, -0.2) is 16.1 Å². The standard InChI is InChI=1S/C19H17ClN4O/c1-13-7-8-15(11-16(13)20)22-19(25)17-9-10-18(24-23-17)21-12-14-5-3-2-4-6-14/h2-11H,12H2,1H3,(H,21,24)(H,22,25). The summed E-state index contributed by atoms with van der Waals surface area (Å²) in [6, 6.07) is 18.7. The molecule has 0 aliphatic carbocycles. The van der Waals surface area contributed by atoms with Gasteiger partial charge in [-0.05, 0) is 42.3 Å². The molecule has 0 spiro atoms. The molecule has 0 saturated carbocycles. The van der Waals surface area contributed by atoms with E-state index in [0.717, 1.165) is 11.1 Å². The van der Waals surface area contributed by atoms with Crippen molar-refractivity contribution in [1.29, 1.82) is 0 Å². The maximum absolute atomic E-state index is 12.2. The van der Waals surface area contributed by atoms with E-state index in [2.05, 4.69) is 20.8 Å². The van der Waals surface area contributed by atoms with Gasteiger partial charge in [-0.2, -0.15) is 0 Å². The van der Waals surface area contributed by atoms with Gasteiger partial charge in [0.15, 0.2) is 5.69 Å². The van der Waals surface area contributed by atoms with E-state index >= 15 is 0 Å². The number of carbonyl (C=O) groups excluding carboxylic acids is 1. The second-order valence-corrected chi connectivity index (χ2v) is 5.97. The van der Waals surface area contributed by atoms with E-state index in [0.29, 0.717) is 23.1 Å². The summed E-state index contributed by atoms with van der Waals surface area (Å²) in [6.45, 7) is 2.55. The molecule has 0 unspecified atom stereocenters. The lowest BCUT2D eigenvalue weighted by Crippen LogP contribution is -2.15. The normalized spacial score (nSPS) is 10.3. The molecule has 2 aromatic carbocycles. The Bertz CT molecular complexity index is 866. The number of nitrogens with zero attached hydrogens (tertiary/aromatic N) is 2. The molecule has 0 bridgehead atoms. The maximum atomic E-state index is 12.2. The van der Waals surface area contributed by atoms with E-state index in [9.17, 15) is 4.79 Å². The molecule has 25 heavy (non-hydrogen) atoms. The number of amides is 1. The SMILES string of the molecule is Cc1ccc(NC(=O)c2ccc(NCc3ccccc3)nn2)cc1Cl. The van der Waals surface area contributed by atoms with Gasteiger partial charge < -0.3 is 10.6 Å². The molecule has 1 amide bonds. The van der Waals surface area contributed by atoms with E-state index < -0.39 is 0 Å². The second kappa shape index (κ2) is 7.77. The Labute approximate surface area is 151 Å². The zero-order valence-electron chi connectivity index (χ0n) is 13.7. The maximum Gasteiger partial charge on any atom is 0.276 e. The van der Waals surface area contributed by atoms with Crippen molar-refractivity contribution in [3.63, 3.8) is 0 Å². The number of hydrogen-bond acceptors (Lipinski definition) is 4. The molecule has 2 N–H and O–H groups in total. The molecule has 1 heterocycles. The first-order valence-electron chi connectivity index (χ1n) is 7.81. The third-order valence-corrected chi connectivity index (χ3v) is 4.05. The van der Waals surface area contributed by atoms with E-state index in [1.807, 2.05) is 43.3 Å². The summed E-state index contributed by atoms with van der Waals surface area (Å²) < 4.78 is 0. The van der Waals surface area contributed by atoms with Gasteiger partial charge in [0.2, 0.25) is 0 Å². The summed E-state index contributed by atoms with van der Waals surface area (Å²) in [5, 5.41) is 14.5. The molecule has 0 radical (unpaired) electrons. The van der Waals surface area contributed by atoms with Gasteiger partial charge in [0.25, 0.3) is 5.91 Å². The van der Waals surface area contributed by atoms with Crippen molar-refractivity contribution in [3.8, 4) is 0 Å². The van der Waals surface area contributed by atoms with Crippen LogP contribution in [0.1, 0.15) is 21.6 Å². The Morgan fingerprint density at radius 1 is 1.04 bits per heavy atom. The lowest BCUT2D eigenvalue weighted by Gasteiger charge is -2.07. The van der Waals surface area contributed by atoms with Crippen LogP contribution >= 0.6 is 11.6 Å². The van der Waals surface area contributed by atoms with Crippen molar-refractivity contribution in [2.45, 2.75) is 13.5 Å². The Morgan fingerprint density at radius 2 is 1.84 bits per heavy atom. The van der Waals surface area contributed by atoms with Crippen LogP contribution in [0.25, 0.3) is 0 Å². The minimum absolute atomic E-state index is 0.238. The molecular weight excluding hydrogens is 336 g/mol. The van der Waals surface area contributed by atoms with E-state index in [1.165, 1.54) is 0 Å². The molecule has 0 aliphatic rings. The minimum Gasteiger partial charge on any atom is -0.365 e. The first kappa shape index (κ1) is 16.9. The van der Waals surface area contributed by atoms with Crippen LogP contribution in [0.3, 0.4) is 0 Å². The summed E-state index contributed by atoms with van der Waals surface area (Å²) >= 11 is 6.06. The third kappa shape index (κ3) is 4.55. The monoisotopic (exact) mass is 352 g/mol. The third-order valence-electron chi connectivity index (χ3n) is 3.64. The largest absolute Gasteiger partial charge is 0.365 e. The Morgan fingerprint density at radius 3 is 2.52 bits per heavy atom. The molecule has 6 heteroatoms. The van der Waals surface area contributed by atoms with Crippen LogP contribution < -0.4 is 10.6 Å². The van der Waals surface area contributed by atoms with Crippen molar-refractivity contribution in [3.05, 3.63) is 82.5 Å². The summed E-state index contributed by atoms with van der Waals surface area (Å²) in [4.78, 5) is 12.2. The van der Waals surface area contributed by atoms with Gasteiger partial charge in [0.1, 0.15) is 5.82 Å². The molecule has 126 valence electrons. The van der Waals surface area contributed by atoms with Crippen LogP contribution in [0.2, 0.25) is 5.02 Å². The predicted octanol–water partition coefficient (Wildman–Crippen LogP) is 4.30. The molecule has 5 nitrogen and oxygen atoms in total. The summed E-state index contributed by atoms with van der Waals surface area (Å²) in [6.07, 6.45) is 0. The van der Waals surface area contributed by atoms with Crippen LogP contribution in [0.15, 0.2) is 60.7 Å². The van der Waals surface area contributed by atoms with Crippen molar-refractivity contribution in [2.75, 3.05) is 10.6 Å². The Balaban J connectivity index is 1.61. The van der Waals surface area contributed by atoms with Gasteiger partial charge in [-0.1, -0.05) is 48.0 Å². The number of benzene rings is 2. The lowest BCUT2D eigenvalue weighted by molar-refractivity contribution is 0.102. The summed E-state index contributed by atoms with van der Waals surface area (Å²) in [5.41, 5.74) is 2.95. The molecule has 3 aromatic rings. The first-order valence-corrected chi connectivity index (χ1v) is 8.18. The minimum atomic E-state index is -0.331. The van der Waals surface area contributed by atoms with Crippen molar-refractivity contribution in [1.82, 2.24) is 10.2 Å². The van der Waals surface area contributed by atoms with Crippen LogP contribution in [-0.2, 0) is 6.54 Å². The Kier molecular flexibility index (Phi) is 5.26. The summed E-state index contributed by atoms with van der Waals surface area (Å²) in [5.74, 6) is 0.279. The number of nitrogens with one attached hydrogen (secondary N) is 2. The summed E-state index contributed by atoms with van der Waals surface area (Å²) in [7, 11) is 0. The van der Waals surface area contributed by atoms with Gasteiger partial charge in [0, 0.05) is 17.3 Å². The van der Waals surface area contributed by atoms with Crippen molar-refractivity contribution in [2.24, 2.45) is 0 Å². The first-order chi connectivity index (χ1) is 12.1. The van der Waals surface area contributed by atoms with Gasteiger partial charge in [-0.25, -0.2) is 0 Å². The zero-order chi connectivity index (χ0) is 17.6. The lowest BCUT2D eigenvalue weighted by atomic mass is 10.2. The fourth-order valence-electron chi connectivity index (χ4n) is 2.20. The zero-order valence-corrected chi connectivity index (χ0v) is 14.4. The fourth-order valence-corrected chi connectivity index (χ4v) is 2.38. The van der Waals surface area contributed by atoms with Crippen LogP contribution in [0, 0.1) is 6.92 Å². The van der Waals surface area contributed by atoms with E-state index in [4.69, 9.17) is 11.6 Å². The fraction of sp³-hybridized carbons (Fsp3) is 0.105. The molecule has 0 atom stereocenters. The number of anilines is 2. The molecule has 0 saturated heterocycles. The predicted molar refractivity (Wildman–Crippen MR) is 99.9 cm³/mol. The van der Waals surface area contributed by atoms with Gasteiger partial charge in [0.05, 0.1) is 0 Å². The number of rotatable bonds is 5. The molecular formula is C19H17ClN4O. The highest BCUT2D eigenvalue weighted by Crippen LogP contribution is 2.20. The smallest absolute Gasteiger partial charge is 0.276 e. The van der Waals surface area contributed by atoms with Crippen LogP contribution in [0.4, 0.5) is 11.5 Å². The molecule has 1 aromatic heterocycles. The van der Waals surface area contributed by atoms with E-state index in [-0.39, 0.29) is 11.6 Å². The topological polar surface area (TPSA) is 66.9 Å².